The van der Waals surface area contributed by atoms with Gasteiger partial charge in [0.25, 0.3) is 5.95 Å². The topological polar surface area (TPSA) is 63.6 Å². The first-order chi connectivity index (χ1) is 8.86. The number of hydrogen-bond donors (Lipinski definition) is 1. The van der Waals surface area contributed by atoms with Gasteiger partial charge in [0.1, 0.15) is 0 Å². The van der Waals surface area contributed by atoms with Crippen LogP contribution >= 0.6 is 0 Å². The van der Waals surface area contributed by atoms with Gasteiger partial charge in [-0.2, -0.15) is 0 Å². The number of anilines is 1. The van der Waals surface area contributed by atoms with Crippen molar-refractivity contribution < 1.29 is 0 Å². The second-order valence-electron chi connectivity index (χ2n) is 3.86. The molecular formula is C13H11N5. The van der Waals surface area contributed by atoms with E-state index < -0.39 is 0 Å². The van der Waals surface area contributed by atoms with Gasteiger partial charge in [-0.05, 0) is 16.8 Å². The van der Waals surface area contributed by atoms with Gasteiger partial charge in [-0.3, -0.25) is 0 Å². The van der Waals surface area contributed by atoms with Crippen LogP contribution in [0.2, 0.25) is 0 Å². The quantitative estimate of drug-likeness (QED) is 0.739. The average Bonchev–Trinajstić information content (AvgIpc) is 2.47. The van der Waals surface area contributed by atoms with Crippen LogP contribution in [-0.2, 0) is 0 Å². The van der Waals surface area contributed by atoms with Gasteiger partial charge in [-0.1, -0.05) is 36.4 Å². The van der Waals surface area contributed by atoms with Gasteiger partial charge in [0, 0.05) is 12.6 Å². The number of fused-ring (bicyclic) bond motifs is 1. The van der Waals surface area contributed by atoms with Crippen molar-refractivity contribution in [2.45, 2.75) is 0 Å². The molecule has 0 unspecified atom stereocenters. The van der Waals surface area contributed by atoms with Gasteiger partial charge < -0.3 is 5.32 Å². The number of nitrogens with zero attached hydrogens (tertiary/aromatic N) is 4. The summed E-state index contributed by atoms with van der Waals surface area (Å²) < 4.78 is 0. The fourth-order valence-corrected chi connectivity index (χ4v) is 1.77. The second-order valence-corrected chi connectivity index (χ2v) is 3.86. The Morgan fingerprint density at radius 3 is 2.28 bits per heavy atom. The Hall–Kier alpha value is -2.56. The van der Waals surface area contributed by atoms with Crippen LogP contribution in [0.15, 0.2) is 42.5 Å². The maximum atomic E-state index is 4.04. The molecule has 5 heteroatoms. The summed E-state index contributed by atoms with van der Waals surface area (Å²) in [5.74, 6) is 0.944. The van der Waals surface area contributed by atoms with Crippen LogP contribution in [0.3, 0.4) is 0 Å². The van der Waals surface area contributed by atoms with Gasteiger partial charge in [-0.15, -0.1) is 20.4 Å². The molecule has 88 valence electrons. The van der Waals surface area contributed by atoms with E-state index in [1.54, 1.807) is 7.05 Å². The smallest absolute Gasteiger partial charge is 0.261 e. The Morgan fingerprint density at radius 1 is 0.833 bits per heavy atom. The average molecular weight is 237 g/mol. The summed E-state index contributed by atoms with van der Waals surface area (Å²) in [6.07, 6.45) is 0. The molecule has 1 heterocycles. The van der Waals surface area contributed by atoms with Gasteiger partial charge in [0.2, 0.25) is 5.82 Å². The van der Waals surface area contributed by atoms with Gasteiger partial charge in [-0.25, -0.2) is 0 Å². The Bertz CT molecular complexity index is 678. The summed E-state index contributed by atoms with van der Waals surface area (Å²) in [7, 11) is 1.73. The lowest BCUT2D eigenvalue weighted by atomic mass is 10.1. The predicted octanol–water partition coefficient (Wildman–Crippen LogP) is 2.13. The molecule has 1 aromatic heterocycles. The molecule has 18 heavy (non-hydrogen) atoms. The molecule has 0 radical (unpaired) electrons. The van der Waals surface area contributed by atoms with Crippen molar-refractivity contribution in [3.05, 3.63) is 42.5 Å². The van der Waals surface area contributed by atoms with E-state index in [0.717, 1.165) is 10.9 Å². The van der Waals surface area contributed by atoms with Crippen molar-refractivity contribution in [3.63, 3.8) is 0 Å². The summed E-state index contributed by atoms with van der Waals surface area (Å²) in [6.45, 7) is 0. The van der Waals surface area contributed by atoms with E-state index in [2.05, 4.69) is 37.8 Å². The lowest BCUT2D eigenvalue weighted by Gasteiger charge is -2.02. The fourth-order valence-electron chi connectivity index (χ4n) is 1.77. The summed E-state index contributed by atoms with van der Waals surface area (Å²) in [5.41, 5.74) is 0.913. The van der Waals surface area contributed by atoms with Crippen molar-refractivity contribution in [2.75, 3.05) is 12.4 Å². The van der Waals surface area contributed by atoms with E-state index in [-0.39, 0.29) is 0 Å². The first-order valence-electron chi connectivity index (χ1n) is 5.61. The highest BCUT2D eigenvalue weighted by Gasteiger charge is 2.04. The SMILES string of the molecule is CNc1nnc(-c2ccc3ccccc3c2)nn1. The van der Waals surface area contributed by atoms with Gasteiger partial charge in [0.05, 0.1) is 0 Å². The summed E-state index contributed by atoms with van der Waals surface area (Å²) in [4.78, 5) is 0. The van der Waals surface area contributed by atoms with Crippen LogP contribution in [-0.4, -0.2) is 27.4 Å². The van der Waals surface area contributed by atoms with Crippen molar-refractivity contribution in [1.29, 1.82) is 0 Å². The zero-order chi connectivity index (χ0) is 12.4. The van der Waals surface area contributed by atoms with Crippen LogP contribution in [0.4, 0.5) is 5.95 Å². The number of nitrogens with one attached hydrogen (secondary N) is 1. The third kappa shape index (κ3) is 1.86. The molecule has 0 atom stereocenters. The maximum Gasteiger partial charge on any atom is 0.261 e. The molecule has 0 amide bonds. The van der Waals surface area contributed by atoms with Crippen LogP contribution < -0.4 is 5.32 Å². The minimum absolute atomic E-state index is 0.416. The van der Waals surface area contributed by atoms with E-state index in [1.165, 1.54) is 5.39 Å². The van der Waals surface area contributed by atoms with Gasteiger partial charge >= 0.3 is 0 Å². The Morgan fingerprint density at radius 2 is 1.56 bits per heavy atom. The standard InChI is InChI=1S/C13H11N5/c1-14-13-17-15-12(16-18-13)11-7-6-9-4-2-3-5-10(9)8-11/h2-8H,1H3,(H,14,17,18). The third-order valence-corrected chi connectivity index (χ3v) is 2.71. The molecule has 0 spiro atoms. The van der Waals surface area contributed by atoms with Crippen LogP contribution in [0, 0.1) is 0 Å². The first-order valence-corrected chi connectivity index (χ1v) is 5.61. The molecule has 1 N–H and O–H groups in total. The molecule has 3 aromatic rings. The highest BCUT2D eigenvalue weighted by molar-refractivity contribution is 5.86. The van der Waals surface area contributed by atoms with E-state index in [9.17, 15) is 0 Å². The zero-order valence-electron chi connectivity index (χ0n) is 9.83. The molecule has 0 aliphatic heterocycles. The minimum Gasteiger partial charge on any atom is -0.355 e. The number of benzene rings is 2. The molecule has 3 rings (SSSR count). The number of aromatic nitrogens is 4. The Kier molecular flexibility index (Phi) is 2.57. The molecular weight excluding hydrogens is 226 g/mol. The highest BCUT2D eigenvalue weighted by Crippen LogP contribution is 2.20. The van der Waals surface area contributed by atoms with E-state index in [1.807, 2.05) is 30.3 Å². The minimum atomic E-state index is 0.416. The highest BCUT2D eigenvalue weighted by atomic mass is 15.3. The number of hydrogen-bond acceptors (Lipinski definition) is 5. The van der Waals surface area contributed by atoms with Crippen LogP contribution in [0.25, 0.3) is 22.2 Å². The fraction of sp³-hybridized carbons (Fsp3) is 0.0769. The van der Waals surface area contributed by atoms with Crippen molar-refractivity contribution in [2.24, 2.45) is 0 Å². The van der Waals surface area contributed by atoms with E-state index in [0.29, 0.717) is 11.8 Å². The van der Waals surface area contributed by atoms with Crippen LogP contribution in [0.1, 0.15) is 0 Å². The van der Waals surface area contributed by atoms with Crippen molar-refractivity contribution >= 4 is 16.7 Å². The summed E-state index contributed by atoms with van der Waals surface area (Å²) in [6, 6.07) is 14.2. The Labute approximate surface area is 104 Å². The van der Waals surface area contributed by atoms with Crippen molar-refractivity contribution in [3.8, 4) is 11.4 Å². The maximum absolute atomic E-state index is 4.04. The summed E-state index contributed by atoms with van der Waals surface area (Å²) in [5, 5.41) is 21.0. The van der Waals surface area contributed by atoms with E-state index in [4.69, 9.17) is 0 Å². The third-order valence-electron chi connectivity index (χ3n) is 2.71. The lowest BCUT2D eigenvalue weighted by Crippen LogP contribution is -2.02. The van der Waals surface area contributed by atoms with Crippen LogP contribution in [0.5, 0.6) is 0 Å². The monoisotopic (exact) mass is 237 g/mol. The molecule has 2 aromatic carbocycles. The van der Waals surface area contributed by atoms with Crippen molar-refractivity contribution in [1.82, 2.24) is 20.4 Å². The molecule has 0 aliphatic carbocycles. The molecule has 5 nitrogen and oxygen atoms in total. The number of rotatable bonds is 2. The molecule has 0 saturated carbocycles. The largest absolute Gasteiger partial charge is 0.355 e. The first kappa shape index (κ1) is 10.6. The lowest BCUT2D eigenvalue weighted by molar-refractivity contribution is 0.873. The predicted molar refractivity (Wildman–Crippen MR) is 70.1 cm³/mol. The molecule has 0 fully saturated rings. The Balaban J connectivity index is 2.07. The normalized spacial score (nSPS) is 10.5. The summed E-state index contributed by atoms with van der Waals surface area (Å²) >= 11 is 0. The second kappa shape index (κ2) is 4.37. The zero-order valence-corrected chi connectivity index (χ0v) is 9.83. The van der Waals surface area contributed by atoms with E-state index >= 15 is 0 Å². The molecule has 0 saturated heterocycles. The molecule has 0 bridgehead atoms. The molecule has 0 aliphatic rings. The van der Waals surface area contributed by atoms with Gasteiger partial charge in [0.15, 0.2) is 0 Å².